The summed E-state index contributed by atoms with van der Waals surface area (Å²) in [5, 5.41) is 16.3. The van der Waals surface area contributed by atoms with Crippen LogP contribution < -0.4 is 0 Å². The van der Waals surface area contributed by atoms with Gasteiger partial charge < -0.3 is 10.2 Å². The van der Waals surface area contributed by atoms with E-state index in [-0.39, 0.29) is 6.61 Å². The van der Waals surface area contributed by atoms with E-state index in [2.05, 4.69) is 0 Å². The number of carboxylic acids is 1. The molecule has 0 spiro atoms. The molecule has 0 radical (unpaired) electrons. The largest absolute Gasteiger partial charge is 0.480 e. The van der Waals surface area contributed by atoms with Gasteiger partial charge in [-0.05, 0) is 6.92 Å². The van der Waals surface area contributed by atoms with Crippen LogP contribution in [0.5, 0.6) is 0 Å². The van der Waals surface area contributed by atoms with Crippen molar-refractivity contribution in [2.24, 2.45) is 0 Å². The summed E-state index contributed by atoms with van der Waals surface area (Å²) in [4.78, 5) is 10.2. The maximum absolute atomic E-state index is 10.2. The Morgan fingerprint density at radius 1 is 1.70 bits per heavy atom. The van der Waals surface area contributed by atoms with Gasteiger partial charge in [0, 0.05) is 5.75 Å². The zero-order chi connectivity index (χ0) is 7.98. The molecule has 0 rings (SSSR count). The quantitative estimate of drug-likeness (QED) is 0.487. The van der Waals surface area contributed by atoms with Crippen molar-refractivity contribution < 1.29 is 15.0 Å². The Labute approximate surface area is 67.6 Å². The Morgan fingerprint density at radius 2 is 2.30 bits per heavy atom. The van der Waals surface area contributed by atoms with Gasteiger partial charge in [0.05, 0.1) is 6.61 Å². The highest BCUT2D eigenvalue weighted by Gasteiger charge is 2.10. The van der Waals surface area contributed by atoms with Gasteiger partial charge in [0.2, 0.25) is 0 Å². The first-order valence-corrected chi connectivity index (χ1v) is 5.18. The zero-order valence-electron chi connectivity index (χ0n) is 5.61. The van der Waals surface area contributed by atoms with Crippen molar-refractivity contribution in [1.82, 2.24) is 0 Å². The molecule has 0 saturated heterocycles. The normalized spacial score (nSPS) is 13.0. The van der Waals surface area contributed by atoms with Crippen LogP contribution in [0.1, 0.15) is 6.92 Å². The van der Waals surface area contributed by atoms with Crippen LogP contribution in [-0.4, -0.2) is 33.8 Å². The molecule has 0 heterocycles. The molecule has 1 atom stereocenters. The summed E-state index contributed by atoms with van der Waals surface area (Å²) >= 11 is 0. The van der Waals surface area contributed by atoms with Crippen LogP contribution in [0.3, 0.4) is 0 Å². The molecule has 0 amide bonds. The third-order valence-electron chi connectivity index (χ3n) is 0.735. The van der Waals surface area contributed by atoms with Gasteiger partial charge in [-0.3, -0.25) is 4.79 Å². The van der Waals surface area contributed by atoms with Crippen LogP contribution in [0, 0.1) is 0 Å². The van der Waals surface area contributed by atoms with E-state index in [1.807, 2.05) is 0 Å². The third-order valence-corrected chi connectivity index (χ3v) is 3.48. The third kappa shape index (κ3) is 4.96. The highest BCUT2D eigenvalue weighted by molar-refractivity contribution is 8.77. The van der Waals surface area contributed by atoms with Crippen molar-refractivity contribution in [2.75, 3.05) is 12.4 Å². The molecule has 0 aromatic heterocycles. The molecule has 0 aliphatic heterocycles. The number of hydrogen-bond donors (Lipinski definition) is 2. The van der Waals surface area contributed by atoms with Crippen molar-refractivity contribution in [3.8, 4) is 0 Å². The number of aliphatic carboxylic acids is 1. The Balaban J connectivity index is 3.21. The minimum Gasteiger partial charge on any atom is -0.480 e. The molecule has 5 heteroatoms. The van der Waals surface area contributed by atoms with E-state index in [1.54, 1.807) is 6.92 Å². The predicted molar refractivity (Wildman–Crippen MR) is 44.2 cm³/mol. The fourth-order valence-electron chi connectivity index (χ4n) is 0.229. The van der Waals surface area contributed by atoms with E-state index >= 15 is 0 Å². The number of rotatable bonds is 5. The molecule has 60 valence electrons. The number of carboxylic acid groups (broad SMARTS) is 1. The smallest absolute Gasteiger partial charge is 0.317 e. The molecule has 1 unspecified atom stereocenters. The lowest BCUT2D eigenvalue weighted by Crippen LogP contribution is -2.10. The van der Waals surface area contributed by atoms with E-state index in [0.29, 0.717) is 5.75 Å². The fourth-order valence-corrected chi connectivity index (χ4v) is 2.06. The second kappa shape index (κ2) is 5.88. The van der Waals surface area contributed by atoms with Gasteiger partial charge >= 0.3 is 5.97 Å². The maximum Gasteiger partial charge on any atom is 0.317 e. The Morgan fingerprint density at radius 3 is 2.70 bits per heavy atom. The number of aliphatic hydroxyl groups excluding tert-OH is 1. The van der Waals surface area contributed by atoms with E-state index < -0.39 is 11.2 Å². The molecular weight excluding hydrogens is 172 g/mol. The summed E-state index contributed by atoms with van der Waals surface area (Å²) in [5.74, 6) is -0.224. The number of carbonyl (C=O) groups is 1. The van der Waals surface area contributed by atoms with Crippen molar-refractivity contribution >= 4 is 27.6 Å². The SMILES string of the molecule is CC(SSCCO)C(=O)O. The highest BCUT2D eigenvalue weighted by Crippen LogP contribution is 2.25. The summed E-state index contributed by atoms with van der Waals surface area (Å²) < 4.78 is 0. The molecule has 0 aromatic carbocycles. The van der Waals surface area contributed by atoms with Crippen molar-refractivity contribution in [3.05, 3.63) is 0 Å². The van der Waals surface area contributed by atoms with Crippen LogP contribution >= 0.6 is 21.6 Å². The van der Waals surface area contributed by atoms with E-state index in [0.717, 1.165) is 0 Å². The summed E-state index contributed by atoms with van der Waals surface area (Å²) in [6.07, 6.45) is 0. The maximum atomic E-state index is 10.2. The summed E-state index contributed by atoms with van der Waals surface area (Å²) in [6, 6.07) is 0. The monoisotopic (exact) mass is 182 g/mol. The fraction of sp³-hybridized carbons (Fsp3) is 0.800. The molecular formula is C5H10O3S2. The zero-order valence-corrected chi connectivity index (χ0v) is 7.24. The number of aliphatic hydroxyl groups is 1. The average molecular weight is 182 g/mol. The average Bonchev–Trinajstić information content (AvgIpc) is 1.88. The molecule has 0 saturated carbocycles. The molecule has 0 fully saturated rings. The first-order valence-electron chi connectivity index (χ1n) is 2.80. The molecule has 0 aliphatic rings. The molecule has 0 bridgehead atoms. The second-order valence-electron chi connectivity index (χ2n) is 1.62. The van der Waals surface area contributed by atoms with Crippen molar-refractivity contribution in [3.63, 3.8) is 0 Å². The number of hydrogen-bond acceptors (Lipinski definition) is 4. The minimum atomic E-state index is -0.810. The van der Waals surface area contributed by atoms with E-state index in [9.17, 15) is 4.79 Å². The van der Waals surface area contributed by atoms with Crippen LogP contribution in [-0.2, 0) is 4.79 Å². The van der Waals surface area contributed by atoms with Gasteiger partial charge in [0.1, 0.15) is 5.25 Å². The lowest BCUT2D eigenvalue weighted by molar-refractivity contribution is -0.136. The second-order valence-corrected chi connectivity index (χ2v) is 4.45. The van der Waals surface area contributed by atoms with Crippen LogP contribution in [0.15, 0.2) is 0 Å². The Bertz CT molecular complexity index is 107. The van der Waals surface area contributed by atoms with Gasteiger partial charge in [0.15, 0.2) is 0 Å². The summed E-state index contributed by atoms with van der Waals surface area (Å²) in [5.41, 5.74) is 0. The lowest BCUT2D eigenvalue weighted by atomic mass is 10.5. The van der Waals surface area contributed by atoms with Crippen molar-refractivity contribution in [1.29, 1.82) is 0 Å². The standard InChI is InChI=1S/C5H10O3S2/c1-4(5(7)8)10-9-3-2-6/h4,6H,2-3H2,1H3,(H,7,8). The molecule has 3 nitrogen and oxygen atoms in total. The minimum absolute atomic E-state index is 0.101. The van der Waals surface area contributed by atoms with E-state index in [1.165, 1.54) is 21.6 Å². The highest BCUT2D eigenvalue weighted by atomic mass is 33.1. The molecule has 0 aromatic rings. The Hall–Kier alpha value is 0.130. The van der Waals surface area contributed by atoms with Gasteiger partial charge in [-0.15, -0.1) is 0 Å². The first-order chi connectivity index (χ1) is 4.68. The van der Waals surface area contributed by atoms with Gasteiger partial charge in [-0.1, -0.05) is 21.6 Å². The summed E-state index contributed by atoms with van der Waals surface area (Å²) in [6.45, 7) is 1.72. The van der Waals surface area contributed by atoms with Gasteiger partial charge in [0.25, 0.3) is 0 Å². The topological polar surface area (TPSA) is 57.5 Å². The van der Waals surface area contributed by atoms with Crippen LogP contribution in [0.2, 0.25) is 0 Å². The van der Waals surface area contributed by atoms with Gasteiger partial charge in [-0.25, -0.2) is 0 Å². The van der Waals surface area contributed by atoms with Crippen molar-refractivity contribution in [2.45, 2.75) is 12.2 Å². The Kier molecular flexibility index (Phi) is 5.96. The molecule has 10 heavy (non-hydrogen) atoms. The van der Waals surface area contributed by atoms with Gasteiger partial charge in [-0.2, -0.15) is 0 Å². The molecule has 0 aliphatic carbocycles. The summed E-state index contributed by atoms with van der Waals surface area (Å²) in [7, 11) is 2.64. The first kappa shape index (κ1) is 10.1. The predicted octanol–water partition coefficient (Wildman–Crippen LogP) is 0.833. The lowest BCUT2D eigenvalue weighted by Gasteiger charge is -2.02. The van der Waals surface area contributed by atoms with E-state index in [4.69, 9.17) is 10.2 Å². The molecule has 2 N–H and O–H groups in total. The van der Waals surface area contributed by atoms with Crippen LogP contribution in [0.4, 0.5) is 0 Å². The van der Waals surface area contributed by atoms with Crippen LogP contribution in [0.25, 0.3) is 0 Å².